The molecule has 3 aromatic heterocycles. The number of benzene rings is 4. The van der Waals surface area contributed by atoms with Crippen LogP contribution in [0.25, 0.3) is 50.4 Å². The van der Waals surface area contributed by atoms with Crippen molar-refractivity contribution in [2.45, 2.75) is 0 Å². The van der Waals surface area contributed by atoms with Crippen LogP contribution in [0.5, 0.6) is 0 Å². The van der Waals surface area contributed by atoms with Crippen molar-refractivity contribution in [3.05, 3.63) is 140 Å². The minimum atomic E-state index is 0. The summed E-state index contributed by atoms with van der Waals surface area (Å²) in [6.45, 7) is 0. The Balaban J connectivity index is 0.000000191. The number of para-hydroxylation sites is 1. The molecular weight excluding hydrogens is 647 g/mol. The summed E-state index contributed by atoms with van der Waals surface area (Å²) in [5, 5.41) is 9.69. The van der Waals surface area contributed by atoms with Crippen LogP contribution in [0, 0.1) is 12.1 Å². The van der Waals surface area contributed by atoms with Crippen molar-refractivity contribution in [1.29, 1.82) is 0 Å². The molecule has 38 heavy (non-hydrogen) atoms. The molecule has 4 aromatic carbocycles. The van der Waals surface area contributed by atoms with Crippen LogP contribution in [0.1, 0.15) is 0 Å². The molecule has 0 amide bonds. The zero-order chi connectivity index (χ0) is 24.9. The molecule has 0 saturated heterocycles. The van der Waals surface area contributed by atoms with Gasteiger partial charge in [-0.1, -0.05) is 48.5 Å². The number of nitrogens with zero attached hydrogens (tertiary/aromatic N) is 5. The van der Waals surface area contributed by atoms with E-state index in [1.807, 2.05) is 103 Å². The molecule has 7 rings (SSSR count). The van der Waals surface area contributed by atoms with E-state index in [-0.39, 0.29) is 20.1 Å². The number of fused-ring (bicyclic) bond motifs is 3. The van der Waals surface area contributed by atoms with Crippen LogP contribution in [0.2, 0.25) is 0 Å². The molecule has 0 spiro atoms. The molecule has 6 heteroatoms. The molecule has 0 unspecified atom stereocenters. The van der Waals surface area contributed by atoms with Gasteiger partial charge in [-0.25, -0.2) is 0 Å². The summed E-state index contributed by atoms with van der Waals surface area (Å²) in [5.74, 6) is 0.812. The maximum atomic E-state index is 4.77. The number of imidazole rings is 1. The van der Waals surface area contributed by atoms with Gasteiger partial charge in [-0.3, -0.25) is 4.98 Å². The third-order valence-corrected chi connectivity index (χ3v) is 5.88. The van der Waals surface area contributed by atoms with Gasteiger partial charge in [0, 0.05) is 37.4 Å². The van der Waals surface area contributed by atoms with Crippen molar-refractivity contribution >= 4 is 22.1 Å². The summed E-state index contributed by atoms with van der Waals surface area (Å²) in [7, 11) is 0. The van der Waals surface area contributed by atoms with Gasteiger partial charge < -0.3 is 9.55 Å². The van der Waals surface area contributed by atoms with E-state index in [0.717, 1.165) is 44.8 Å². The summed E-state index contributed by atoms with van der Waals surface area (Å²) in [5.41, 5.74) is 6.43. The number of aromatic nitrogens is 5. The third kappa shape index (κ3) is 5.14. The van der Waals surface area contributed by atoms with Gasteiger partial charge in [0.15, 0.2) is 5.65 Å². The molecule has 185 valence electrons. The number of hydrogen-bond acceptors (Lipinski definition) is 4. The maximum absolute atomic E-state index is 4.77. The minimum Gasteiger partial charge on any atom is -0.331 e. The Morgan fingerprint density at radius 3 is 2.00 bits per heavy atom. The van der Waals surface area contributed by atoms with Gasteiger partial charge in [-0.05, 0) is 30.0 Å². The second-order valence-corrected chi connectivity index (χ2v) is 8.26. The summed E-state index contributed by atoms with van der Waals surface area (Å²) < 4.78 is 2.14. The second kappa shape index (κ2) is 11.7. The molecule has 0 saturated carbocycles. The fraction of sp³-hybridized carbons (Fsp3) is 0. The van der Waals surface area contributed by atoms with Crippen molar-refractivity contribution in [1.82, 2.24) is 24.7 Å². The van der Waals surface area contributed by atoms with Crippen LogP contribution >= 0.6 is 0 Å². The first-order chi connectivity index (χ1) is 18.4. The fourth-order valence-electron chi connectivity index (χ4n) is 4.20. The molecule has 7 aromatic rings. The summed E-state index contributed by atoms with van der Waals surface area (Å²) >= 11 is 0. The van der Waals surface area contributed by atoms with Crippen LogP contribution in [0.3, 0.4) is 0 Å². The van der Waals surface area contributed by atoms with E-state index in [2.05, 4.69) is 50.1 Å². The smallest absolute Gasteiger partial charge is 0.191 e. The average molecular weight is 668 g/mol. The van der Waals surface area contributed by atoms with Gasteiger partial charge in [0.2, 0.25) is 0 Å². The number of hydrogen-bond donors (Lipinski definition) is 0. The third-order valence-electron chi connectivity index (χ3n) is 5.88. The Hall–Kier alpha value is -4.51. The molecule has 0 aliphatic heterocycles. The zero-order valence-corrected chi connectivity index (χ0v) is 22.6. The first-order valence-corrected chi connectivity index (χ1v) is 11.9. The Bertz CT molecular complexity index is 1720. The molecule has 0 fully saturated rings. The molecule has 0 aliphatic rings. The molecule has 0 bridgehead atoms. The van der Waals surface area contributed by atoms with Gasteiger partial charge >= 0.3 is 0 Å². The van der Waals surface area contributed by atoms with Gasteiger partial charge in [-0.2, -0.15) is 0 Å². The molecular formula is C32H21IrN5-2. The SMILES string of the molecule is [Ir].[c-]1ccccc1-c1ccccn1.[c-]1ccccc1-c1nc2nnc3ccccc3c2n1-c1ccccc1. The van der Waals surface area contributed by atoms with E-state index in [1.165, 1.54) is 0 Å². The maximum Gasteiger partial charge on any atom is 0.191 e. The monoisotopic (exact) mass is 668 g/mol. The first kappa shape index (κ1) is 25.2. The standard InChI is InChI=1S/C21H13N4.C11H8N.Ir/c1-3-9-15(10-4-1)21-22-20-19(25(21)16-11-5-2-6-12-16)17-13-7-8-14-18(17)23-24-20;1-2-6-10(7-3-1)11-8-4-5-9-12-11;/h1-9,11-14H;1-6,8-9H;/q2*-1;. The van der Waals surface area contributed by atoms with Crippen molar-refractivity contribution < 1.29 is 20.1 Å². The summed E-state index contributed by atoms with van der Waals surface area (Å²) in [6, 6.07) is 46.2. The first-order valence-electron chi connectivity index (χ1n) is 11.9. The Kier molecular flexibility index (Phi) is 7.74. The predicted molar refractivity (Wildman–Crippen MR) is 147 cm³/mol. The second-order valence-electron chi connectivity index (χ2n) is 8.26. The van der Waals surface area contributed by atoms with E-state index >= 15 is 0 Å². The minimum absolute atomic E-state index is 0. The van der Waals surface area contributed by atoms with E-state index in [4.69, 9.17) is 4.98 Å². The van der Waals surface area contributed by atoms with E-state index in [0.29, 0.717) is 5.65 Å². The Morgan fingerprint density at radius 2 is 1.29 bits per heavy atom. The van der Waals surface area contributed by atoms with E-state index < -0.39 is 0 Å². The van der Waals surface area contributed by atoms with E-state index in [1.54, 1.807) is 6.20 Å². The topological polar surface area (TPSA) is 56.5 Å². The molecule has 0 aliphatic carbocycles. The molecule has 1 radical (unpaired) electrons. The van der Waals surface area contributed by atoms with Gasteiger partial charge in [0.1, 0.15) is 0 Å². The van der Waals surface area contributed by atoms with Crippen molar-refractivity contribution in [3.8, 4) is 28.3 Å². The molecule has 5 nitrogen and oxygen atoms in total. The van der Waals surface area contributed by atoms with Crippen LogP contribution < -0.4 is 0 Å². The number of rotatable bonds is 3. The van der Waals surface area contributed by atoms with Crippen molar-refractivity contribution in [2.75, 3.05) is 0 Å². The Labute approximate surface area is 234 Å². The van der Waals surface area contributed by atoms with Crippen molar-refractivity contribution in [3.63, 3.8) is 0 Å². The largest absolute Gasteiger partial charge is 0.331 e. The number of pyridine rings is 1. The van der Waals surface area contributed by atoms with Crippen LogP contribution in [0.4, 0.5) is 0 Å². The van der Waals surface area contributed by atoms with E-state index in [9.17, 15) is 0 Å². The average Bonchev–Trinajstić information content (AvgIpc) is 3.40. The van der Waals surface area contributed by atoms with Gasteiger partial charge in [-0.15, -0.1) is 82.0 Å². The normalized spacial score (nSPS) is 10.4. The molecule has 0 atom stereocenters. The predicted octanol–water partition coefficient (Wildman–Crippen LogP) is 6.98. The quantitative estimate of drug-likeness (QED) is 0.191. The Morgan fingerprint density at radius 1 is 0.605 bits per heavy atom. The van der Waals surface area contributed by atoms with Crippen LogP contribution in [-0.2, 0) is 20.1 Å². The summed E-state index contributed by atoms with van der Waals surface area (Å²) in [6.07, 6.45) is 1.79. The van der Waals surface area contributed by atoms with Gasteiger partial charge in [0.05, 0.1) is 16.9 Å². The molecule has 0 N–H and O–H groups in total. The van der Waals surface area contributed by atoms with Crippen LogP contribution in [-0.4, -0.2) is 24.7 Å². The van der Waals surface area contributed by atoms with Gasteiger partial charge in [0.25, 0.3) is 0 Å². The molecule has 3 heterocycles. The van der Waals surface area contributed by atoms with Crippen molar-refractivity contribution in [2.24, 2.45) is 0 Å². The fourth-order valence-corrected chi connectivity index (χ4v) is 4.20. The van der Waals surface area contributed by atoms with Crippen LogP contribution in [0.15, 0.2) is 128 Å². The summed E-state index contributed by atoms with van der Waals surface area (Å²) in [4.78, 5) is 8.99. The zero-order valence-electron chi connectivity index (χ0n) is 20.2.